The highest BCUT2D eigenvalue weighted by Crippen LogP contribution is 2.42. The van der Waals surface area contributed by atoms with Crippen molar-refractivity contribution in [2.45, 2.75) is 32.4 Å². The first-order valence-electron chi connectivity index (χ1n) is 11.9. The van der Waals surface area contributed by atoms with Crippen molar-refractivity contribution in [3.63, 3.8) is 0 Å². The topological polar surface area (TPSA) is 83.6 Å². The van der Waals surface area contributed by atoms with Crippen molar-refractivity contribution in [2.75, 3.05) is 23.3 Å². The van der Waals surface area contributed by atoms with Gasteiger partial charge in [-0.25, -0.2) is 4.98 Å². The Morgan fingerprint density at radius 3 is 2.89 bits per heavy atom. The van der Waals surface area contributed by atoms with Crippen LogP contribution in [0.15, 0.2) is 55.1 Å². The van der Waals surface area contributed by atoms with Gasteiger partial charge in [0.1, 0.15) is 16.2 Å². The molecule has 2 aromatic heterocycles. The molecule has 0 fully saturated rings. The fourth-order valence-corrected chi connectivity index (χ4v) is 6.06. The van der Waals surface area contributed by atoms with Crippen LogP contribution in [0.5, 0.6) is 5.75 Å². The van der Waals surface area contributed by atoms with E-state index in [0.717, 1.165) is 37.9 Å². The molecule has 1 atom stereocenters. The van der Waals surface area contributed by atoms with Crippen LogP contribution in [0, 0.1) is 0 Å². The number of pyridine rings is 1. The van der Waals surface area contributed by atoms with Crippen LogP contribution >= 0.6 is 11.3 Å². The molecule has 0 aliphatic carbocycles. The standard InChI is InChI=1S/C28H26N4O3S/c1-5-23(33)32-14-28(3,4)35-21-10-6-16(12-20(21)32)18-8-7-17-19(31-18)9-11-22-24(17)25-26(36-22)27(34)30-15(2)13-29-25/h5-12,15,29H,1,13-14H2,2-4H3,(H,30,34). The largest absolute Gasteiger partial charge is 0.484 e. The van der Waals surface area contributed by atoms with Crippen molar-refractivity contribution in [3.8, 4) is 17.0 Å². The normalized spacial score (nSPS) is 18.5. The second-order valence-electron chi connectivity index (χ2n) is 9.94. The van der Waals surface area contributed by atoms with Crippen LogP contribution in [0.3, 0.4) is 0 Å². The SMILES string of the molecule is C=CC(=O)N1CC(C)(C)Oc2ccc(-c3ccc4c(ccc5sc6c(c54)NCC(C)NC6=O)n3)cc21. The lowest BCUT2D eigenvalue weighted by atomic mass is 10.0. The maximum Gasteiger partial charge on any atom is 0.263 e. The molecule has 36 heavy (non-hydrogen) atoms. The fraction of sp³-hybridized carbons (Fsp3) is 0.250. The Kier molecular flexibility index (Phi) is 5.05. The lowest BCUT2D eigenvalue weighted by Crippen LogP contribution is -2.48. The van der Waals surface area contributed by atoms with E-state index in [1.165, 1.54) is 17.4 Å². The second kappa shape index (κ2) is 8.06. The van der Waals surface area contributed by atoms with E-state index in [1.54, 1.807) is 4.90 Å². The van der Waals surface area contributed by atoms with Gasteiger partial charge < -0.3 is 20.3 Å². The molecule has 0 saturated heterocycles. The number of carbonyl (C=O) groups excluding carboxylic acids is 2. The molecule has 2 aromatic carbocycles. The summed E-state index contributed by atoms with van der Waals surface area (Å²) in [5.41, 5.74) is 3.61. The molecule has 4 aromatic rings. The van der Waals surface area contributed by atoms with Crippen molar-refractivity contribution in [2.24, 2.45) is 0 Å². The van der Waals surface area contributed by atoms with E-state index in [4.69, 9.17) is 9.72 Å². The van der Waals surface area contributed by atoms with Crippen molar-refractivity contribution in [1.29, 1.82) is 0 Å². The molecular weight excluding hydrogens is 472 g/mol. The summed E-state index contributed by atoms with van der Waals surface area (Å²) in [4.78, 5) is 32.7. The van der Waals surface area contributed by atoms with Crippen LogP contribution in [0.25, 0.3) is 32.2 Å². The number of amides is 2. The van der Waals surface area contributed by atoms with E-state index < -0.39 is 5.60 Å². The number of ether oxygens (including phenoxy) is 1. The summed E-state index contributed by atoms with van der Waals surface area (Å²) in [5.74, 6) is 0.453. The van der Waals surface area contributed by atoms with Gasteiger partial charge in [0.15, 0.2) is 0 Å². The summed E-state index contributed by atoms with van der Waals surface area (Å²) in [6.07, 6.45) is 1.33. The Morgan fingerprint density at radius 1 is 1.25 bits per heavy atom. The van der Waals surface area contributed by atoms with Crippen LogP contribution in [-0.4, -0.2) is 41.5 Å². The maximum atomic E-state index is 12.7. The third kappa shape index (κ3) is 3.60. The average molecular weight is 499 g/mol. The van der Waals surface area contributed by atoms with E-state index in [0.29, 0.717) is 29.4 Å². The van der Waals surface area contributed by atoms with E-state index >= 15 is 0 Å². The first-order valence-corrected chi connectivity index (χ1v) is 12.7. The number of benzene rings is 2. The minimum atomic E-state index is -0.499. The zero-order valence-corrected chi connectivity index (χ0v) is 21.2. The molecule has 0 radical (unpaired) electrons. The molecule has 2 N–H and O–H groups in total. The van der Waals surface area contributed by atoms with Gasteiger partial charge in [-0.3, -0.25) is 9.59 Å². The maximum absolute atomic E-state index is 12.7. The fourth-order valence-electron chi connectivity index (χ4n) is 4.96. The van der Waals surface area contributed by atoms with E-state index in [2.05, 4.69) is 23.3 Å². The minimum Gasteiger partial charge on any atom is -0.484 e. The van der Waals surface area contributed by atoms with Crippen molar-refractivity contribution >= 4 is 55.5 Å². The van der Waals surface area contributed by atoms with E-state index in [1.807, 2.05) is 57.2 Å². The van der Waals surface area contributed by atoms with Crippen LogP contribution in [0.2, 0.25) is 0 Å². The molecule has 182 valence electrons. The third-order valence-corrected chi connectivity index (χ3v) is 7.76. The summed E-state index contributed by atoms with van der Waals surface area (Å²) in [6, 6.07) is 13.9. The molecule has 8 heteroatoms. The lowest BCUT2D eigenvalue weighted by molar-refractivity contribution is -0.115. The molecule has 0 saturated carbocycles. The quantitative estimate of drug-likeness (QED) is 0.364. The predicted molar refractivity (Wildman–Crippen MR) is 145 cm³/mol. The van der Waals surface area contributed by atoms with Gasteiger partial charge in [0.25, 0.3) is 11.8 Å². The Hall–Kier alpha value is -3.91. The van der Waals surface area contributed by atoms with Gasteiger partial charge in [-0.1, -0.05) is 6.58 Å². The van der Waals surface area contributed by atoms with Gasteiger partial charge in [-0.15, -0.1) is 11.3 Å². The van der Waals surface area contributed by atoms with E-state index in [9.17, 15) is 9.59 Å². The number of nitrogens with one attached hydrogen (secondary N) is 2. The highest BCUT2D eigenvalue weighted by Gasteiger charge is 2.34. The highest BCUT2D eigenvalue weighted by molar-refractivity contribution is 7.21. The molecule has 4 heterocycles. The first kappa shape index (κ1) is 22.5. The second-order valence-corrected chi connectivity index (χ2v) is 11.0. The number of hydrogen-bond donors (Lipinski definition) is 2. The number of fused-ring (bicyclic) bond motifs is 6. The summed E-state index contributed by atoms with van der Waals surface area (Å²) in [5, 5.41) is 8.52. The van der Waals surface area contributed by atoms with Gasteiger partial charge in [0.05, 0.1) is 29.1 Å². The number of thiophene rings is 1. The number of rotatable bonds is 2. The predicted octanol–water partition coefficient (Wildman–Crippen LogP) is 5.35. The number of nitrogens with zero attached hydrogens (tertiary/aromatic N) is 2. The monoisotopic (exact) mass is 498 g/mol. The van der Waals surface area contributed by atoms with E-state index in [-0.39, 0.29) is 17.9 Å². The Labute approximate surface area is 212 Å². The summed E-state index contributed by atoms with van der Waals surface area (Å²) >= 11 is 1.50. The van der Waals surface area contributed by atoms with Gasteiger partial charge in [-0.2, -0.15) is 0 Å². The molecule has 1 unspecified atom stereocenters. The molecule has 2 aliphatic heterocycles. The molecule has 0 bridgehead atoms. The van der Waals surface area contributed by atoms with Gasteiger partial charge in [-0.05, 0) is 69.3 Å². The highest BCUT2D eigenvalue weighted by atomic mass is 32.1. The number of hydrogen-bond acceptors (Lipinski definition) is 6. The molecular formula is C28H26N4O3S. The van der Waals surface area contributed by atoms with Crippen LogP contribution in [0.1, 0.15) is 30.4 Å². The summed E-state index contributed by atoms with van der Waals surface area (Å²) < 4.78 is 7.18. The van der Waals surface area contributed by atoms with Crippen LogP contribution in [-0.2, 0) is 4.79 Å². The van der Waals surface area contributed by atoms with Crippen LogP contribution in [0.4, 0.5) is 11.4 Å². The molecule has 7 nitrogen and oxygen atoms in total. The number of carbonyl (C=O) groups is 2. The van der Waals surface area contributed by atoms with Gasteiger partial charge in [0.2, 0.25) is 0 Å². The van der Waals surface area contributed by atoms with Gasteiger partial charge >= 0.3 is 0 Å². The minimum absolute atomic E-state index is 0.0421. The Balaban J connectivity index is 1.46. The number of anilines is 2. The van der Waals surface area contributed by atoms with Crippen molar-refractivity contribution in [3.05, 3.63) is 60.0 Å². The average Bonchev–Trinajstić information content (AvgIpc) is 3.18. The van der Waals surface area contributed by atoms with Crippen LogP contribution < -0.4 is 20.3 Å². The van der Waals surface area contributed by atoms with Gasteiger partial charge in [0, 0.05) is 33.6 Å². The lowest BCUT2D eigenvalue weighted by Gasteiger charge is -2.39. The smallest absolute Gasteiger partial charge is 0.263 e. The summed E-state index contributed by atoms with van der Waals surface area (Å²) in [6.45, 7) is 10.7. The molecule has 6 rings (SSSR count). The van der Waals surface area contributed by atoms with Crippen molar-refractivity contribution < 1.29 is 14.3 Å². The molecule has 2 amide bonds. The number of aromatic nitrogens is 1. The molecule has 2 aliphatic rings. The summed E-state index contributed by atoms with van der Waals surface area (Å²) in [7, 11) is 0. The zero-order valence-electron chi connectivity index (χ0n) is 20.3. The van der Waals surface area contributed by atoms with Crippen molar-refractivity contribution in [1.82, 2.24) is 10.3 Å². The Morgan fingerprint density at radius 2 is 2.08 bits per heavy atom. The molecule has 0 spiro atoms. The first-order chi connectivity index (χ1) is 17.2. The Bertz CT molecular complexity index is 1590. The third-order valence-electron chi connectivity index (χ3n) is 6.60. The zero-order chi connectivity index (χ0) is 25.2.